The van der Waals surface area contributed by atoms with Gasteiger partial charge in [-0.15, -0.1) is 0 Å². The number of hydrogen-bond acceptors (Lipinski definition) is 7. The number of amides is 2. The number of nitrogens with zero attached hydrogens (tertiary/aromatic N) is 1. The van der Waals surface area contributed by atoms with Crippen LogP contribution in [0.1, 0.15) is 15.9 Å². The predicted octanol–water partition coefficient (Wildman–Crippen LogP) is 3.63. The second-order valence-corrected chi connectivity index (χ2v) is 7.92. The quantitative estimate of drug-likeness (QED) is 0.397. The Labute approximate surface area is 202 Å². The van der Waals surface area contributed by atoms with E-state index in [0.29, 0.717) is 39.9 Å². The van der Waals surface area contributed by atoms with E-state index in [0.717, 1.165) is 5.56 Å². The first-order chi connectivity index (χ1) is 16.9. The van der Waals surface area contributed by atoms with E-state index >= 15 is 0 Å². The topological polar surface area (TPSA) is 106 Å². The number of anilines is 3. The van der Waals surface area contributed by atoms with Gasteiger partial charge in [0, 0.05) is 17.7 Å². The number of carbonyl (C=O) groups excluding carboxylic acids is 3. The average molecular weight is 476 g/mol. The fourth-order valence-corrected chi connectivity index (χ4v) is 3.74. The van der Waals surface area contributed by atoms with Crippen LogP contribution in [0.4, 0.5) is 17.1 Å². The fourth-order valence-electron chi connectivity index (χ4n) is 3.74. The maximum absolute atomic E-state index is 12.9. The van der Waals surface area contributed by atoms with E-state index < -0.39 is 5.97 Å². The Morgan fingerprint density at radius 3 is 2.26 bits per heavy atom. The molecule has 35 heavy (non-hydrogen) atoms. The second kappa shape index (κ2) is 10.2. The van der Waals surface area contributed by atoms with Crippen molar-refractivity contribution in [1.82, 2.24) is 0 Å². The molecule has 3 aromatic rings. The van der Waals surface area contributed by atoms with Gasteiger partial charge in [-0.2, -0.15) is 0 Å². The fraction of sp³-hybridized carbons (Fsp3) is 0.192. The SMILES string of the molecule is COc1cc(NC(=O)c2ccccc2)c(OC)cc1NC(=O)CN1CC(=O)Oc2cc(C)ccc21. The standard InChI is InChI=1S/C26H25N3O6/c1-16-9-10-20-23(11-16)35-25(31)15-29(20)14-24(30)27-18-12-22(34-3)19(13-21(18)33-2)28-26(32)17-7-5-4-6-8-17/h4-13H,14-15H2,1-3H3,(H,27,30)(H,28,32). The Balaban J connectivity index is 1.53. The molecule has 2 N–H and O–H groups in total. The molecule has 9 nitrogen and oxygen atoms in total. The Morgan fingerprint density at radius 2 is 1.60 bits per heavy atom. The monoisotopic (exact) mass is 475 g/mol. The molecule has 4 rings (SSSR count). The summed E-state index contributed by atoms with van der Waals surface area (Å²) in [6.45, 7) is 1.77. The molecule has 0 saturated heterocycles. The van der Waals surface area contributed by atoms with Crippen molar-refractivity contribution in [3.63, 3.8) is 0 Å². The van der Waals surface area contributed by atoms with Crippen LogP contribution >= 0.6 is 0 Å². The highest BCUT2D eigenvalue weighted by atomic mass is 16.5. The summed E-state index contributed by atoms with van der Waals surface area (Å²) in [7, 11) is 2.92. The molecule has 180 valence electrons. The van der Waals surface area contributed by atoms with E-state index in [1.54, 1.807) is 47.4 Å². The molecule has 0 aromatic heterocycles. The number of nitrogens with one attached hydrogen (secondary N) is 2. The van der Waals surface area contributed by atoms with Crippen LogP contribution < -0.4 is 29.7 Å². The Hall–Kier alpha value is -4.53. The first kappa shape index (κ1) is 23.6. The summed E-state index contributed by atoms with van der Waals surface area (Å²) in [5, 5.41) is 5.61. The van der Waals surface area contributed by atoms with Crippen molar-refractivity contribution in [2.24, 2.45) is 0 Å². The maximum atomic E-state index is 12.9. The highest BCUT2D eigenvalue weighted by molar-refractivity contribution is 6.06. The van der Waals surface area contributed by atoms with Gasteiger partial charge in [0.2, 0.25) is 5.91 Å². The molecule has 3 aromatic carbocycles. The van der Waals surface area contributed by atoms with E-state index in [2.05, 4.69) is 10.6 Å². The second-order valence-electron chi connectivity index (χ2n) is 7.92. The summed E-state index contributed by atoms with van der Waals surface area (Å²) in [6, 6.07) is 17.4. The molecule has 2 amide bonds. The number of methoxy groups -OCH3 is 2. The lowest BCUT2D eigenvalue weighted by atomic mass is 10.1. The van der Waals surface area contributed by atoms with Crippen molar-refractivity contribution < 1.29 is 28.6 Å². The highest BCUT2D eigenvalue weighted by Gasteiger charge is 2.26. The number of fused-ring (bicyclic) bond motifs is 1. The van der Waals surface area contributed by atoms with E-state index in [4.69, 9.17) is 14.2 Å². The van der Waals surface area contributed by atoms with Crippen LogP contribution in [-0.4, -0.2) is 45.1 Å². The lowest BCUT2D eigenvalue weighted by Crippen LogP contribution is -2.41. The first-order valence-electron chi connectivity index (χ1n) is 10.9. The summed E-state index contributed by atoms with van der Waals surface area (Å²) in [4.78, 5) is 39.2. The van der Waals surface area contributed by atoms with Crippen molar-refractivity contribution >= 4 is 34.8 Å². The molecule has 1 heterocycles. The van der Waals surface area contributed by atoms with Crippen LogP contribution in [-0.2, 0) is 9.59 Å². The predicted molar refractivity (Wildman–Crippen MR) is 132 cm³/mol. The van der Waals surface area contributed by atoms with Gasteiger partial charge in [-0.05, 0) is 36.8 Å². The molecule has 9 heteroatoms. The van der Waals surface area contributed by atoms with Gasteiger partial charge >= 0.3 is 5.97 Å². The summed E-state index contributed by atoms with van der Waals surface area (Å²) >= 11 is 0. The van der Waals surface area contributed by atoms with Crippen LogP contribution in [0.15, 0.2) is 60.7 Å². The average Bonchev–Trinajstić information content (AvgIpc) is 2.84. The van der Waals surface area contributed by atoms with Crippen LogP contribution in [0.25, 0.3) is 0 Å². The number of rotatable bonds is 7. The molecule has 0 radical (unpaired) electrons. The van der Waals surface area contributed by atoms with Crippen molar-refractivity contribution in [2.45, 2.75) is 6.92 Å². The smallest absolute Gasteiger partial charge is 0.331 e. The third-order valence-electron chi connectivity index (χ3n) is 5.41. The van der Waals surface area contributed by atoms with E-state index in [1.165, 1.54) is 14.2 Å². The minimum Gasteiger partial charge on any atom is -0.494 e. The van der Waals surface area contributed by atoms with Crippen LogP contribution in [0, 0.1) is 6.92 Å². The number of ether oxygens (including phenoxy) is 3. The normalized spacial score (nSPS) is 12.3. The van der Waals surface area contributed by atoms with Gasteiger partial charge < -0.3 is 29.7 Å². The summed E-state index contributed by atoms with van der Waals surface area (Å²) < 4.78 is 16.2. The zero-order chi connectivity index (χ0) is 24.9. The number of aryl methyl sites for hydroxylation is 1. The number of hydrogen-bond donors (Lipinski definition) is 2. The Bertz CT molecular complexity index is 1280. The lowest BCUT2D eigenvalue weighted by Gasteiger charge is -2.29. The third-order valence-corrected chi connectivity index (χ3v) is 5.41. The van der Waals surface area contributed by atoms with Gasteiger partial charge in [0.05, 0.1) is 37.8 Å². The van der Waals surface area contributed by atoms with Crippen molar-refractivity contribution in [3.05, 3.63) is 71.8 Å². The summed E-state index contributed by atoms with van der Waals surface area (Å²) in [5.41, 5.74) is 2.84. The van der Waals surface area contributed by atoms with Gasteiger partial charge in [0.15, 0.2) is 5.75 Å². The summed E-state index contributed by atoms with van der Waals surface area (Å²) in [5.74, 6) is -0.0221. The number of carbonyl (C=O) groups is 3. The van der Waals surface area contributed by atoms with Crippen LogP contribution in [0.5, 0.6) is 17.2 Å². The minimum atomic E-state index is -0.436. The number of esters is 1. The summed E-state index contributed by atoms with van der Waals surface area (Å²) in [6.07, 6.45) is 0. The molecule has 0 unspecified atom stereocenters. The van der Waals surface area contributed by atoms with Gasteiger partial charge in [0.25, 0.3) is 5.91 Å². The molecule has 1 aliphatic heterocycles. The first-order valence-corrected chi connectivity index (χ1v) is 10.9. The molecule has 0 aliphatic carbocycles. The van der Waals surface area contributed by atoms with Crippen LogP contribution in [0.2, 0.25) is 0 Å². The zero-order valence-corrected chi connectivity index (χ0v) is 19.6. The van der Waals surface area contributed by atoms with Gasteiger partial charge in [-0.1, -0.05) is 24.3 Å². The van der Waals surface area contributed by atoms with Gasteiger partial charge in [0.1, 0.15) is 18.0 Å². The molecule has 0 spiro atoms. The lowest BCUT2D eigenvalue weighted by molar-refractivity contribution is -0.133. The molecular formula is C26H25N3O6. The Kier molecular flexibility index (Phi) is 6.86. The minimum absolute atomic E-state index is 0.0472. The van der Waals surface area contributed by atoms with Crippen LogP contribution in [0.3, 0.4) is 0 Å². The largest absolute Gasteiger partial charge is 0.494 e. The van der Waals surface area contributed by atoms with Crippen molar-refractivity contribution in [1.29, 1.82) is 0 Å². The maximum Gasteiger partial charge on any atom is 0.331 e. The molecule has 0 saturated carbocycles. The van der Waals surface area contributed by atoms with E-state index in [-0.39, 0.29) is 24.9 Å². The van der Waals surface area contributed by atoms with E-state index in [1.807, 2.05) is 25.1 Å². The third kappa shape index (κ3) is 5.35. The Morgan fingerprint density at radius 1 is 0.943 bits per heavy atom. The molecule has 0 atom stereocenters. The number of benzene rings is 3. The van der Waals surface area contributed by atoms with Gasteiger partial charge in [-0.25, -0.2) is 4.79 Å². The van der Waals surface area contributed by atoms with Crippen molar-refractivity contribution in [2.75, 3.05) is 42.8 Å². The highest BCUT2D eigenvalue weighted by Crippen LogP contribution is 2.37. The molecular weight excluding hydrogens is 450 g/mol. The van der Waals surface area contributed by atoms with Gasteiger partial charge in [-0.3, -0.25) is 9.59 Å². The van der Waals surface area contributed by atoms with E-state index in [9.17, 15) is 14.4 Å². The molecule has 1 aliphatic rings. The van der Waals surface area contributed by atoms with Crippen molar-refractivity contribution in [3.8, 4) is 17.2 Å². The molecule has 0 bridgehead atoms. The molecule has 0 fully saturated rings. The zero-order valence-electron chi connectivity index (χ0n) is 19.6.